The third-order valence-corrected chi connectivity index (χ3v) is 4.56. The Kier molecular flexibility index (Phi) is 6.38. The van der Waals surface area contributed by atoms with Crippen LogP contribution in [0.5, 0.6) is 5.75 Å². The Labute approximate surface area is 168 Å². The molecule has 9 heteroatoms. The van der Waals surface area contributed by atoms with Crippen LogP contribution in [-0.2, 0) is 27.3 Å². The Morgan fingerprint density at radius 2 is 2.07 bits per heavy atom. The van der Waals surface area contributed by atoms with Crippen LogP contribution in [0.1, 0.15) is 28.9 Å². The quantitative estimate of drug-likeness (QED) is 0.575. The number of esters is 1. The SMILES string of the molecule is COc1cccc(CNC(=O)COC(=O)CCc2c(C)nc3ncnn3c2C)c1. The first kappa shape index (κ1) is 20.2. The minimum Gasteiger partial charge on any atom is -0.497 e. The van der Waals surface area contributed by atoms with Crippen LogP contribution in [0, 0.1) is 13.8 Å². The molecule has 0 atom stereocenters. The largest absolute Gasteiger partial charge is 0.497 e. The molecule has 9 nitrogen and oxygen atoms in total. The molecule has 1 aromatic carbocycles. The van der Waals surface area contributed by atoms with Crippen molar-refractivity contribution in [3.05, 3.63) is 53.1 Å². The highest BCUT2D eigenvalue weighted by Crippen LogP contribution is 2.15. The molecule has 0 radical (unpaired) electrons. The Balaban J connectivity index is 1.45. The van der Waals surface area contributed by atoms with Crippen LogP contribution in [0.25, 0.3) is 5.78 Å². The van der Waals surface area contributed by atoms with Crippen molar-refractivity contribution in [2.45, 2.75) is 33.2 Å². The molecule has 1 N–H and O–H groups in total. The van der Waals surface area contributed by atoms with E-state index in [1.54, 1.807) is 11.6 Å². The number of nitrogens with zero attached hydrogens (tertiary/aromatic N) is 4. The van der Waals surface area contributed by atoms with Crippen molar-refractivity contribution in [1.82, 2.24) is 24.9 Å². The molecule has 29 heavy (non-hydrogen) atoms. The van der Waals surface area contributed by atoms with Crippen molar-refractivity contribution < 1.29 is 19.1 Å². The number of rotatable bonds is 8. The van der Waals surface area contributed by atoms with Crippen LogP contribution in [0.4, 0.5) is 0 Å². The highest BCUT2D eigenvalue weighted by Gasteiger charge is 2.14. The molecule has 0 unspecified atom stereocenters. The molecule has 2 heterocycles. The van der Waals surface area contributed by atoms with Gasteiger partial charge in [-0.05, 0) is 43.5 Å². The van der Waals surface area contributed by atoms with E-state index in [0.29, 0.717) is 24.5 Å². The highest BCUT2D eigenvalue weighted by molar-refractivity contribution is 5.80. The summed E-state index contributed by atoms with van der Waals surface area (Å²) in [5.41, 5.74) is 3.49. The standard InChI is InChI=1S/C20H23N5O4/c1-13-17(14(2)25-20(24-13)22-12-23-25)7-8-19(27)29-11-18(26)21-10-15-5-4-6-16(9-15)28-3/h4-6,9,12H,7-8,10-11H2,1-3H3,(H,21,26). The zero-order valence-electron chi connectivity index (χ0n) is 16.6. The molecule has 3 aromatic rings. The summed E-state index contributed by atoms with van der Waals surface area (Å²) < 4.78 is 11.9. The van der Waals surface area contributed by atoms with Crippen molar-refractivity contribution in [3.8, 4) is 5.75 Å². The van der Waals surface area contributed by atoms with Gasteiger partial charge in [0.15, 0.2) is 6.61 Å². The average molecular weight is 397 g/mol. The fourth-order valence-corrected chi connectivity index (χ4v) is 3.00. The number of aromatic nitrogens is 4. The average Bonchev–Trinajstić information content (AvgIpc) is 3.19. The zero-order valence-corrected chi connectivity index (χ0v) is 16.6. The molecule has 2 aromatic heterocycles. The number of benzene rings is 1. The minimum absolute atomic E-state index is 0.146. The number of nitrogens with one attached hydrogen (secondary N) is 1. The summed E-state index contributed by atoms with van der Waals surface area (Å²) in [5, 5.41) is 6.84. The van der Waals surface area contributed by atoms with E-state index in [0.717, 1.165) is 22.5 Å². The van der Waals surface area contributed by atoms with E-state index in [9.17, 15) is 9.59 Å². The monoisotopic (exact) mass is 397 g/mol. The van der Waals surface area contributed by atoms with Gasteiger partial charge in [-0.15, -0.1) is 0 Å². The summed E-state index contributed by atoms with van der Waals surface area (Å²) in [5.74, 6) is 0.435. The summed E-state index contributed by atoms with van der Waals surface area (Å²) in [6.07, 6.45) is 2.04. The smallest absolute Gasteiger partial charge is 0.306 e. The zero-order chi connectivity index (χ0) is 20.8. The van der Waals surface area contributed by atoms with Gasteiger partial charge < -0.3 is 14.8 Å². The maximum absolute atomic E-state index is 12.0. The number of aryl methyl sites for hydroxylation is 2. The Morgan fingerprint density at radius 1 is 1.24 bits per heavy atom. The molecule has 152 valence electrons. The van der Waals surface area contributed by atoms with Gasteiger partial charge in [0.1, 0.15) is 12.1 Å². The number of methoxy groups -OCH3 is 1. The second kappa shape index (κ2) is 9.13. The Bertz CT molecular complexity index is 1030. The Morgan fingerprint density at radius 3 is 2.86 bits per heavy atom. The van der Waals surface area contributed by atoms with Crippen molar-refractivity contribution in [2.75, 3.05) is 13.7 Å². The van der Waals surface area contributed by atoms with E-state index < -0.39 is 5.97 Å². The van der Waals surface area contributed by atoms with Crippen molar-refractivity contribution in [3.63, 3.8) is 0 Å². The molecule has 3 rings (SSSR count). The molecular formula is C20H23N5O4. The first-order valence-corrected chi connectivity index (χ1v) is 9.19. The lowest BCUT2D eigenvalue weighted by molar-refractivity contribution is -0.148. The van der Waals surface area contributed by atoms with Gasteiger partial charge in [0.2, 0.25) is 0 Å². The normalized spacial score (nSPS) is 10.7. The number of carbonyl (C=O) groups excluding carboxylic acids is 2. The van der Waals surface area contributed by atoms with Crippen LogP contribution in [0.15, 0.2) is 30.6 Å². The van der Waals surface area contributed by atoms with E-state index in [-0.39, 0.29) is 18.9 Å². The molecule has 0 bridgehead atoms. The van der Waals surface area contributed by atoms with E-state index in [4.69, 9.17) is 9.47 Å². The number of fused-ring (bicyclic) bond motifs is 1. The Hall–Kier alpha value is -3.49. The van der Waals surface area contributed by atoms with E-state index in [1.807, 2.05) is 38.1 Å². The highest BCUT2D eigenvalue weighted by atomic mass is 16.5. The number of hydrogen-bond acceptors (Lipinski definition) is 7. The van der Waals surface area contributed by atoms with Gasteiger partial charge in [-0.3, -0.25) is 9.59 Å². The molecule has 0 aliphatic rings. The van der Waals surface area contributed by atoms with Gasteiger partial charge in [0.05, 0.1) is 7.11 Å². The number of hydrogen-bond donors (Lipinski definition) is 1. The molecule has 0 saturated heterocycles. The third-order valence-electron chi connectivity index (χ3n) is 4.56. The fourth-order valence-electron chi connectivity index (χ4n) is 3.00. The minimum atomic E-state index is -0.445. The van der Waals surface area contributed by atoms with E-state index in [1.165, 1.54) is 6.33 Å². The van der Waals surface area contributed by atoms with Gasteiger partial charge in [-0.1, -0.05) is 12.1 Å². The molecule has 1 amide bonds. The van der Waals surface area contributed by atoms with E-state index >= 15 is 0 Å². The lowest BCUT2D eigenvalue weighted by Crippen LogP contribution is -2.28. The second-order valence-electron chi connectivity index (χ2n) is 6.52. The molecule has 0 aliphatic heterocycles. The predicted octanol–water partition coefficient (Wildman–Crippen LogP) is 1.54. The molecule has 0 aliphatic carbocycles. The van der Waals surface area contributed by atoms with Crippen LogP contribution in [-0.4, -0.2) is 45.2 Å². The predicted molar refractivity (Wildman–Crippen MR) is 104 cm³/mol. The van der Waals surface area contributed by atoms with Gasteiger partial charge in [0.25, 0.3) is 11.7 Å². The lowest BCUT2D eigenvalue weighted by atomic mass is 10.1. The number of ether oxygens (including phenoxy) is 2. The van der Waals surface area contributed by atoms with Crippen molar-refractivity contribution in [1.29, 1.82) is 0 Å². The summed E-state index contributed by atoms with van der Waals surface area (Å²) in [6, 6.07) is 7.37. The van der Waals surface area contributed by atoms with Gasteiger partial charge in [-0.2, -0.15) is 10.1 Å². The topological polar surface area (TPSA) is 108 Å². The van der Waals surface area contributed by atoms with Crippen LogP contribution >= 0.6 is 0 Å². The second-order valence-corrected chi connectivity index (χ2v) is 6.52. The van der Waals surface area contributed by atoms with Crippen molar-refractivity contribution in [2.24, 2.45) is 0 Å². The summed E-state index contributed by atoms with van der Waals surface area (Å²) in [7, 11) is 1.58. The van der Waals surface area contributed by atoms with Crippen LogP contribution in [0.2, 0.25) is 0 Å². The summed E-state index contributed by atoms with van der Waals surface area (Å²) in [4.78, 5) is 32.4. The van der Waals surface area contributed by atoms with Gasteiger partial charge in [-0.25, -0.2) is 9.50 Å². The molecule has 0 spiro atoms. The van der Waals surface area contributed by atoms with Crippen LogP contribution in [0.3, 0.4) is 0 Å². The summed E-state index contributed by atoms with van der Waals surface area (Å²) in [6.45, 7) is 3.79. The maximum atomic E-state index is 12.0. The lowest BCUT2D eigenvalue weighted by Gasteiger charge is -2.10. The third kappa shape index (κ3) is 5.07. The first-order valence-electron chi connectivity index (χ1n) is 9.19. The van der Waals surface area contributed by atoms with Crippen LogP contribution < -0.4 is 10.1 Å². The number of amides is 1. The molecule has 0 fully saturated rings. The first-order chi connectivity index (χ1) is 14.0. The summed E-state index contributed by atoms with van der Waals surface area (Å²) >= 11 is 0. The van der Waals surface area contributed by atoms with Gasteiger partial charge >= 0.3 is 5.97 Å². The van der Waals surface area contributed by atoms with Crippen molar-refractivity contribution >= 4 is 17.7 Å². The molecular weight excluding hydrogens is 374 g/mol. The van der Waals surface area contributed by atoms with Gasteiger partial charge in [0, 0.05) is 24.4 Å². The van der Waals surface area contributed by atoms with E-state index in [2.05, 4.69) is 20.4 Å². The maximum Gasteiger partial charge on any atom is 0.306 e. The number of carbonyl (C=O) groups is 2. The molecule has 0 saturated carbocycles. The fraction of sp³-hybridized carbons (Fsp3) is 0.350.